The standard InChI is InChI=1S/C22H33NO2/c1-14(24)17-4-5-18-21(17,3)10-8-19-20(2)9-7-16(25)12-15(20)6-11-22(18,19)13-23/h15-19,25H,4-12H2,1-3H3/t15-,16-,17+,18+,19+,20-,21+,22+/m0/s1. The number of nitriles is 1. The highest BCUT2D eigenvalue weighted by molar-refractivity contribution is 5.79. The van der Waals surface area contributed by atoms with Gasteiger partial charge in [-0.05, 0) is 93.3 Å². The molecule has 4 aliphatic rings. The summed E-state index contributed by atoms with van der Waals surface area (Å²) >= 11 is 0. The summed E-state index contributed by atoms with van der Waals surface area (Å²) in [5.41, 5.74) is -0.0248. The Morgan fingerprint density at radius 1 is 1.00 bits per heavy atom. The van der Waals surface area contributed by atoms with Crippen molar-refractivity contribution < 1.29 is 9.90 Å². The number of carbonyl (C=O) groups excluding carboxylic acids is 1. The van der Waals surface area contributed by atoms with Crippen LogP contribution in [0, 0.1) is 51.2 Å². The highest BCUT2D eigenvalue weighted by atomic mass is 16.3. The van der Waals surface area contributed by atoms with E-state index in [1.807, 2.05) is 0 Å². The maximum Gasteiger partial charge on any atom is 0.133 e. The van der Waals surface area contributed by atoms with Gasteiger partial charge in [0.2, 0.25) is 0 Å². The zero-order valence-electron chi connectivity index (χ0n) is 16.1. The van der Waals surface area contributed by atoms with Crippen molar-refractivity contribution in [2.45, 2.75) is 84.7 Å². The van der Waals surface area contributed by atoms with Crippen LogP contribution in [0.2, 0.25) is 0 Å². The number of hydrogen-bond donors (Lipinski definition) is 1. The predicted octanol–water partition coefficient (Wildman–Crippen LogP) is 4.49. The lowest BCUT2D eigenvalue weighted by Gasteiger charge is -2.64. The Hall–Kier alpha value is -0.880. The van der Waals surface area contributed by atoms with E-state index in [0.29, 0.717) is 23.5 Å². The molecule has 3 heteroatoms. The first-order chi connectivity index (χ1) is 11.8. The monoisotopic (exact) mass is 343 g/mol. The fourth-order valence-electron chi connectivity index (χ4n) is 8.25. The third-order valence-electron chi connectivity index (χ3n) is 9.46. The Morgan fingerprint density at radius 3 is 2.36 bits per heavy atom. The van der Waals surface area contributed by atoms with E-state index in [4.69, 9.17) is 0 Å². The molecule has 4 rings (SSSR count). The first-order valence-electron chi connectivity index (χ1n) is 10.4. The molecule has 0 saturated heterocycles. The van der Waals surface area contributed by atoms with E-state index in [9.17, 15) is 15.2 Å². The molecule has 0 aliphatic heterocycles. The van der Waals surface area contributed by atoms with Gasteiger partial charge in [0, 0.05) is 5.92 Å². The van der Waals surface area contributed by atoms with E-state index in [2.05, 4.69) is 19.9 Å². The van der Waals surface area contributed by atoms with Crippen molar-refractivity contribution in [1.82, 2.24) is 0 Å². The predicted molar refractivity (Wildman–Crippen MR) is 96.5 cm³/mol. The molecule has 4 saturated carbocycles. The van der Waals surface area contributed by atoms with E-state index >= 15 is 0 Å². The van der Waals surface area contributed by atoms with Gasteiger partial charge in [0.05, 0.1) is 17.6 Å². The van der Waals surface area contributed by atoms with Crippen LogP contribution >= 0.6 is 0 Å². The maximum absolute atomic E-state index is 12.3. The van der Waals surface area contributed by atoms with Crippen LogP contribution in [0.3, 0.4) is 0 Å². The zero-order valence-corrected chi connectivity index (χ0v) is 16.1. The zero-order chi connectivity index (χ0) is 18.0. The molecule has 0 amide bonds. The van der Waals surface area contributed by atoms with Gasteiger partial charge in [0.25, 0.3) is 0 Å². The van der Waals surface area contributed by atoms with Crippen LogP contribution in [-0.2, 0) is 4.79 Å². The molecule has 25 heavy (non-hydrogen) atoms. The van der Waals surface area contributed by atoms with Crippen molar-refractivity contribution in [1.29, 1.82) is 5.26 Å². The molecule has 8 atom stereocenters. The van der Waals surface area contributed by atoms with Gasteiger partial charge in [-0.25, -0.2) is 0 Å². The maximum atomic E-state index is 12.3. The van der Waals surface area contributed by atoms with Crippen molar-refractivity contribution in [3.05, 3.63) is 0 Å². The van der Waals surface area contributed by atoms with Crippen molar-refractivity contribution in [3.63, 3.8) is 0 Å². The Bertz CT molecular complexity index is 624. The SMILES string of the molecule is CC(=O)[C@H]1CC[C@@H]2[C@]1(C)CC[C@@H]1[C@@]3(C)CC[C@H](O)C[C@@H]3CC[C@]12C#N. The molecule has 0 unspecified atom stereocenters. The molecule has 1 N–H and O–H groups in total. The number of rotatable bonds is 1. The van der Waals surface area contributed by atoms with Crippen LogP contribution in [0.1, 0.15) is 78.6 Å². The largest absolute Gasteiger partial charge is 0.393 e. The third kappa shape index (κ3) is 2.16. The molecule has 3 nitrogen and oxygen atoms in total. The number of carbonyl (C=O) groups is 1. The van der Waals surface area contributed by atoms with Gasteiger partial charge in [0.1, 0.15) is 5.78 Å². The highest BCUT2D eigenvalue weighted by Gasteiger charge is 2.67. The van der Waals surface area contributed by atoms with Gasteiger partial charge < -0.3 is 5.11 Å². The summed E-state index contributed by atoms with van der Waals surface area (Å²) in [6, 6.07) is 2.87. The summed E-state index contributed by atoms with van der Waals surface area (Å²) < 4.78 is 0. The summed E-state index contributed by atoms with van der Waals surface area (Å²) in [6.07, 6.45) is 9.01. The molecule has 4 aliphatic carbocycles. The molecular formula is C22H33NO2. The fourth-order valence-corrected chi connectivity index (χ4v) is 8.25. The second kappa shape index (κ2) is 5.56. The van der Waals surface area contributed by atoms with Crippen LogP contribution < -0.4 is 0 Å². The minimum Gasteiger partial charge on any atom is -0.393 e. The van der Waals surface area contributed by atoms with Gasteiger partial charge in [-0.3, -0.25) is 4.79 Å². The number of ketones is 1. The molecule has 0 aromatic carbocycles. The summed E-state index contributed by atoms with van der Waals surface area (Å²) in [7, 11) is 0. The van der Waals surface area contributed by atoms with Crippen molar-refractivity contribution >= 4 is 5.78 Å². The number of aliphatic hydroxyl groups is 1. The number of hydrogen-bond acceptors (Lipinski definition) is 3. The van der Waals surface area contributed by atoms with E-state index < -0.39 is 0 Å². The number of fused-ring (bicyclic) bond motifs is 5. The van der Waals surface area contributed by atoms with Crippen LogP contribution in [0.5, 0.6) is 0 Å². The Balaban J connectivity index is 1.74. The molecule has 138 valence electrons. The Labute approximate surface area is 152 Å². The molecule has 0 spiro atoms. The first-order valence-corrected chi connectivity index (χ1v) is 10.4. The van der Waals surface area contributed by atoms with Gasteiger partial charge >= 0.3 is 0 Å². The molecule has 0 aromatic rings. The summed E-state index contributed by atoms with van der Waals surface area (Å²) in [4.78, 5) is 12.3. The van der Waals surface area contributed by atoms with E-state index in [1.54, 1.807) is 6.92 Å². The lowest BCUT2D eigenvalue weighted by atomic mass is 9.39. The molecular weight excluding hydrogens is 310 g/mol. The van der Waals surface area contributed by atoms with Gasteiger partial charge in [0.15, 0.2) is 0 Å². The Kier molecular flexibility index (Phi) is 3.90. The number of nitrogens with zero attached hydrogens (tertiary/aromatic N) is 1. The minimum atomic E-state index is -0.245. The summed E-state index contributed by atoms with van der Waals surface area (Å²) in [5.74, 6) is 1.87. The fraction of sp³-hybridized carbons (Fsp3) is 0.909. The molecule has 0 aromatic heterocycles. The van der Waals surface area contributed by atoms with Gasteiger partial charge in [-0.15, -0.1) is 0 Å². The lowest BCUT2D eigenvalue weighted by Crippen LogP contribution is -2.59. The quantitative estimate of drug-likeness (QED) is 0.763. The van der Waals surface area contributed by atoms with E-state index in [1.165, 1.54) is 0 Å². The van der Waals surface area contributed by atoms with E-state index in [-0.39, 0.29) is 28.3 Å². The molecule has 0 heterocycles. The van der Waals surface area contributed by atoms with Crippen molar-refractivity contribution in [3.8, 4) is 6.07 Å². The number of Topliss-reactive ketones (excluding diaryl/α,β-unsaturated/α-hetero) is 1. The Morgan fingerprint density at radius 2 is 1.68 bits per heavy atom. The van der Waals surface area contributed by atoms with Crippen LogP contribution in [0.25, 0.3) is 0 Å². The summed E-state index contributed by atoms with van der Waals surface area (Å²) in [5, 5.41) is 20.6. The molecule has 0 radical (unpaired) electrons. The normalized spacial score (nSPS) is 54.8. The van der Waals surface area contributed by atoms with Crippen molar-refractivity contribution in [2.75, 3.05) is 0 Å². The van der Waals surface area contributed by atoms with Gasteiger partial charge in [-0.2, -0.15) is 5.26 Å². The van der Waals surface area contributed by atoms with Crippen molar-refractivity contribution in [2.24, 2.45) is 39.9 Å². The highest BCUT2D eigenvalue weighted by Crippen LogP contribution is 2.72. The van der Waals surface area contributed by atoms with Crippen LogP contribution in [0.4, 0.5) is 0 Å². The van der Waals surface area contributed by atoms with E-state index in [0.717, 1.165) is 57.8 Å². The average Bonchev–Trinajstić information content (AvgIpc) is 2.93. The third-order valence-corrected chi connectivity index (χ3v) is 9.46. The smallest absolute Gasteiger partial charge is 0.133 e. The molecule has 4 fully saturated rings. The number of aliphatic hydroxyl groups excluding tert-OH is 1. The summed E-state index contributed by atoms with van der Waals surface area (Å²) in [6.45, 7) is 6.48. The van der Waals surface area contributed by atoms with Crippen LogP contribution in [0.15, 0.2) is 0 Å². The average molecular weight is 344 g/mol. The first kappa shape index (κ1) is 17.5. The van der Waals surface area contributed by atoms with Gasteiger partial charge in [-0.1, -0.05) is 13.8 Å². The lowest BCUT2D eigenvalue weighted by molar-refractivity contribution is -0.160. The second-order valence-electron chi connectivity index (χ2n) is 10.2. The minimum absolute atomic E-state index is 0.0233. The topological polar surface area (TPSA) is 61.1 Å². The second-order valence-corrected chi connectivity index (χ2v) is 10.2. The molecule has 0 bridgehead atoms. The van der Waals surface area contributed by atoms with Crippen LogP contribution in [-0.4, -0.2) is 17.0 Å².